The first-order valence-electron chi connectivity index (χ1n) is 8.51. The molecule has 0 fully saturated rings. The topological polar surface area (TPSA) is 86.3 Å². The zero-order valence-corrected chi connectivity index (χ0v) is 14.4. The van der Waals surface area contributed by atoms with E-state index in [9.17, 15) is 20.2 Å². The van der Waals surface area contributed by atoms with Gasteiger partial charge >= 0.3 is 0 Å². The Balaban J connectivity index is 2.21. The molecule has 0 aromatic heterocycles. The minimum absolute atomic E-state index is 0.424. The van der Waals surface area contributed by atoms with Gasteiger partial charge in [-0.2, -0.15) is 0 Å². The minimum Gasteiger partial charge on any atom is -0.264 e. The summed E-state index contributed by atoms with van der Waals surface area (Å²) in [6.45, 7) is 0. The summed E-state index contributed by atoms with van der Waals surface area (Å²) in [5.41, 5.74) is 1.45. The third kappa shape index (κ3) is 4.00. The molecule has 1 unspecified atom stereocenters. The molecule has 0 aliphatic carbocycles. The summed E-state index contributed by atoms with van der Waals surface area (Å²) in [6, 6.07) is 23.1. The van der Waals surface area contributed by atoms with Crippen molar-refractivity contribution in [1.29, 1.82) is 0 Å². The first-order valence-corrected chi connectivity index (χ1v) is 8.51. The van der Waals surface area contributed by atoms with E-state index >= 15 is 0 Å². The van der Waals surface area contributed by atoms with Crippen LogP contribution in [-0.2, 0) is 0 Å². The van der Waals surface area contributed by atoms with Crippen molar-refractivity contribution in [3.8, 4) is 0 Å². The van der Waals surface area contributed by atoms with Gasteiger partial charge in [-0.3, -0.25) is 20.2 Å². The highest BCUT2D eigenvalue weighted by Crippen LogP contribution is 2.44. The molecule has 0 saturated heterocycles. The monoisotopic (exact) mass is 362 g/mol. The number of rotatable bonds is 7. The molecule has 0 saturated carbocycles. The van der Waals surface area contributed by atoms with Crippen LogP contribution in [-0.4, -0.2) is 9.85 Å². The fourth-order valence-corrected chi connectivity index (χ4v) is 3.43. The van der Waals surface area contributed by atoms with Crippen molar-refractivity contribution >= 4 is 0 Å². The number of nitrogens with zero attached hydrogens (tertiary/aromatic N) is 2. The Bertz CT molecular complexity index is 844. The SMILES string of the molecule is O=[N+]([O-])[C@H](c1ccccc1)C(c1ccccc1)[C@H](c1ccccc1)[N+](=O)[O-]. The second kappa shape index (κ2) is 8.23. The van der Waals surface area contributed by atoms with Crippen molar-refractivity contribution < 1.29 is 9.85 Å². The van der Waals surface area contributed by atoms with Crippen LogP contribution in [0.15, 0.2) is 91.0 Å². The summed E-state index contributed by atoms with van der Waals surface area (Å²) in [5.74, 6) is -0.957. The average molecular weight is 362 g/mol. The average Bonchev–Trinajstić information content (AvgIpc) is 2.69. The van der Waals surface area contributed by atoms with E-state index in [0.29, 0.717) is 16.7 Å². The second-order valence-electron chi connectivity index (χ2n) is 6.22. The van der Waals surface area contributed by atoms with Crippen molar-refractivity contribution in [2.75, 3.05) is 0 Å². The minimum atomic E-state index is -1.25. The Morgan fingerprint density at radius 1 is 0.519 bits per heavy atom. The molecule has 0 aliphatic rings. The smallest absolute Gasteiger partial charge is 0.251 e. The number of hydrogen-bond donors (Lipinski definition) is 0. The van der Waals surface area contributed by atoms with Crippen molar-refractivity contribution in [2.45, 2.75) is 18.0 Å². The Hall–Kier alpha value is -3.54. The van der Waals surface area contributed by atoms with Crippen molar-refractivity contribution in [1.82, 2.24) is 0 Å². The molecule has 136 valence electrons. The van der Waals surface area contributed by atoms with Crippen LogP contribution in [0.5, 0.6) is 0 Å². The van der Waals surface area contributed by atoms with Crippen molar-refractivity contribution in [3.05, 3.63) is 128 Å². The largest absolute Gasteiger partial charge is 0.264 e. The molecule has 0 amide bonds. The molecule has 3 atom stereocenters. The van der Waals surface area contributed by atoms with E-state index in [1.165, 1.54) is 0 Å². The van der Waals surface area contributed by atoms with E-state index in [2.05, 4.69) is 0 Å². The van der Waals surface area contributed by atoms with E-state index in [-0.39, 0.29) is 0 Å². The highest BCUT2D eigenvalue weighted by Gasteiger charge is 2.46. The fourth-order valence-electron chi connectivity index (χ4n) is 3.43. The van der Waals surface area contributed by atoms with E-state index in [4.69, 9.17) is 0 Å². The van der Waals surface area contributed by atoms with Crippen molar-refractivity contribution in [2.24, 2.45) is 0 Å². The molecular formula is C21H18N2O4. The van der Waals surface area contributed by atoms with E-state index in [1.54, 1.807) is 91.0 Å². The predicted octanol–water partition coefficient (Wildman–Crippen LogP) is 4.81. The first kappa shape index (κ1) is 18.3. The third-order valence-corrected chi connectivity index (χ3v) is 4.60. The lowest BCUT2D eigenvalue weighted by Gasteiger charge is -2.25. The number of hydrogen-bond acceptors (Lipinski definition) is 4. The zero-order chi connectivity index (χ0) is 19.2. The van der Waals surface area contributed by atoms with Crippen LogP contribution < -0.4 is 0 Å². The van der Waals surface area contributed by atoms with Crippen LogP contribution in [0.2, 0.25) is 0 Å². The van der Waals surface area contributed by atoms with Crippen LogP contribution in [0.4, 0.5) is 0 Å². The molecule has 0 radical (unpaired) electrons. The van der Waals surface area contributed by atoms with Gasteiger partial charge < -0.3 is 0 Å². The lowest BCUT2D eigenvalue weighted by atomic mass is 9.79. The van der Waals surface area contributed by atoms with Gasteiger partial charge in [-0.1, -0.05) is 91.0 Å². The molecule has 6 nitrogen and oxygen atoms in total. The molecule has 6 heteroatoms. The Morgan fingerprint density at radius 2 is 0.815 bits per heavy atom. The van der Waals surface area contributed by atoms with Gasteiger partial charge in [-0.05, 0) is 5.56 Å². The van der Waals surface area contributed by atoms with E-state index < -0.39 is 27.8 Å². The summed E-state index contributed by atoms with van der Waals surface area (Å²) in [7, 11) is 0. The molecule has 0 aliphatic heterocycles. The van der Waals surface area contributed by atoms with E-state index in [1.807, 2.05) is 0 Å². The Kier molecular flexibility index (Phi) is 5.56. The Labute approximate surface area is 156 Å². The maximum Gasteiger partial charge on any atom is 0.251 e. The highest BCUT2D eigenvalue weighted by atomic mass is 16.6. The van der Waals surface area contributed by atoms with E-state index in [0.717, 1.165) is 0 Å². The summed E-state index contributed by atoms with van der Waals surface area (Å²) < 4.78 is 0. The van der Waals surface area contributed by atoms with Crippen LogP contribution in [0.1, 0.15) is 34.7 Å². The normalized spacial score (nSPS) is 14.1. The molecule has 3 aromatic carbocycles. The molecule has 3 rings (SSSR count). The maximum absolute atomic E-state index is 12.1. The van der Waals surface area contributed by atoms with Crippen LogP contribution in [0.25, 0.3) is 0 Å². The third-order valence-electron chi connectivity index (χ3n) is 4.60. The lowest BCUT2D eigenvalue weighted by molar-refractivity contribution is -0.575. The summed E-state index contributed by atoms with van der Waals surface area (Å²) in [6.07, 6.45) is 0. The molecule has 3 aromatic rings. The quantitative estimate of drug-likeness (QED) is 0.446. The van der Waals surface area contributed by atoms with Crippen LogP contribution in [0, 0.1) is 20.2 Å². The van der Waals surface area contributed by atoms with Gasteiger partial charge in [0.15, 0.2) is 0 Å². The summed E-state index contributed by atoms with van der Waals surface area (Å²) in [5, 5.41) is 24.1. The lowest BCUT2D eigenvalue weighted by Crippen LogP contribution is -2.29. The summed E-state index contributed by atoms with van der Waals surface area (Å²) >= 11 is 0. The molecule has 0 bridgehead atoms. The van der Waals surface area contributed by atoms with Gasteiger partial charge in [-0.25, -0.2) is 0 Å². The molecule has 0 heterocycles. The molecule has 27 heavy (non-hydrogen) atoms. The van der Waals surface area contributed by atoms with Crippen LogP contribution >= 0.6 is 0 Å². The number of nitro groups is 2. The highest BCUT2D eigenvalue weighted by molar-refractivity contribution is 5.31. The Morgan fingerprint density at radius 3 is 1.11 bits per heavy atom. The van der Waals surface area contributed by atoms with Crippen LogP contribution in [0.3, 0.4) is 0 Å². The standard InChI is InChI=1S/C21H18N2O4/c24-22(25)20(17-12-6-2-7-13-17)19(16-10-4-1-5-11-16)21(23(26)27)18-14-8-3-9-15-18/h1-15,19-21H/t19?,20-,21+. The number of benzene rings is 3. The van der Waals surface area contributed by atoms with Gasteiger partial charge in [0, 0.05) is 21.0 Å². The van der Waals surface area contributed by atoms with Gasteiger partial charge in [-0.15, -0.1) is 0 Å². The predicted molar refractivity (Wildman–Crippen MR) is 102 cm³/mol. The fraction of sp³-hybridized carbons (Fsp3) is 0.143. The molecule has 0 N–H and O–H groups in total. The van der Waals surface area contributed by atoms with Gasteiger partial charge in [0.1, 0.15) is 5.92 Å². The van der Waals surface area contributed by atoms with Gasteiger partial charge in [0.25, 0.3) is 12.1 Å². The zero-order valence-electron chi connectivity index (χ0n) is 14.4. The molecule has 0 spiro atoms. The van der Waals surface area contributed by atoms with Gasteiger partial charge in [0.05, 0.1) is 0 Å². The first-order chi connectivity index (χ1) is 13.1. The second-order valence-corrected chi connectivity index (χ2v) is 6.22. The van der Waals surface area contributed by atoms with Crippen molar-refractivity contribution in [3.63, 3.8) is 0 Å². The maximum atomic E-state index is 12.1. The molecular weight excluding hydrogens is 344 g/mol. The summed E-state index contributed by atoms with van der Waals surface area (Å²) in [4.78, 5) is 23.3. The van der Waals surface area contributed by atoms with Gasteiger partial charge in [0.2, 0.25) is 0 Å².